The largest absolute Gasteiger partial charge is 0.355 e. The fourth-order valence-electron chi connectivity index (χ4n) is 2.37. The monoisotopic (exact) mass is 298 g/mol. The highest BCUT2D eigenvalue weighted by Gasteiger charge is 2.18. The number of aryl methyl sites for hydroxylation is 1. The summed E-state index contributed by atoms with van der Waals surface area (Å²) in [5.74, 6) is 0.446. The third-order valence-electron chi connectivity index (χ3n) is 3.51. The second-order valence-corrected chi connectivity index (χ2v) is 5.95. The van der Waals surface area contributed by atoms with Gasteiger partial charge in [-0.2, -0.15) is 0 Å². The highest BCUT2D eigenvalue weighted by molar-refractivity contribution is 7.80. The van der Waals surface area contributed by atoms with Crippen molar-refractivity contribution in [2.45, 2.75) is 26.8 Å². The maximum atomic E-state index is 5.45. The Morgan fingerprint density at radius 1 is 0.952 bits per heavy atom. The van der Waals surface area contributed by atoms with Crippen molar-refractivity contribution in [1.82, 2.24) is 5.32 Å². The number of hydrogen-bond acceptors (Lipinski definition) is 1. The first kappa shape index (κ1) is 15.5. The fourth-order valence-corrected chi connectivity index (χ4v) is 2.61. The molecule has 0 amide bonds. The molecule has 0 heterocycles. The molecule has 0 spiro atoms. The van der Waals surface area contributed by atoms with E-state index in [9.17, 15) is 0 Å². The fraction of sp³-hybridized carbons (Fsp3) is 0.278. The van der Waals surface area contributed by atoms with Crippen molar-refractivity contribution in [2.24, 2.45) is 5.92 Å². The molecule has 0 aromatic heterocycles. The molecule has 0 radical (unpaired) electrons. The van der Waals surface area contributed by atoms with Crippen molar-refractivity contribution < 1.29 is 0 Å². The van der Waals surface area contributed by atoms with Crippen molar-refractivity contribution >= 4 is 23.0 Å². The Morgan fingerprint density at radius 2 is 1.57 bits per heavy atom. The minimum atomic E-state index is 0.204. The predicted molar refractivity (Wildman–Crippen MR) is 94.6 cm³/mol. The van der Waals surface area contributed by atoms with Crippen molar-refractivity contribution in [3.05, 3.63) is 65.7 Å². The van der Waals surface area contributed by atoms with Gasteiger partial charge in [-0.15, -0.1) is 0 Å². The first-order chi connectivity index (χ1) is 10.1. The van der Waals surface area contributed by atoms with Gasteiger partial charge in [0.2, 0.25) is 0 Å². The molecule has 0 bridgehead atoms. The van der Waals surface area contributed by atoms with Crippen LogP contribution in [-0.4, -0.2) is 5.11 Å². The average molecular weight is 298 g/mol. The maximum Gasteiger partial charge on any atom is 0.171 e. The molecule has 2 rings (SSSR count). The number of benzene rings is 2. The Hall–Kier alpha value is -1.87. The Bertz CT molecular complexity index is 593. The molecule has 2 aromatic rings. The smallest absolute Gasteiger partial charge is 0.171 e. The van der Waals surface area contributed by atoms with Gasteiger partial charge in [0.05, 0.1) is 6.04 Å². The summed E-state index contributed by atoms with van der Waals surface area (Å²) in [6, 6.07) is 18.6. The Balaban J connectivity index is 2.10. The summed E-state index contributed by atoms with van der Waals surface area (Å²) < 4.78 is 0. The molecular formula is C18H22N2S. The molecule has 21 heavy (non-hydrogen) atoms. The van der Waals surface area contributed by atoms with E-state index >= 15 is 0 Å². The lowest BCUT2D eigenvalue weighted by Gasteiger charge is -2.26. The number of nitrogens with one attached hydrogen (secondary N) is 2. The first-order valence-corrected chi connectivity index (χ1v) is 7.67. The van der Waals surface area contributed by atoms with Crippen molar-refractivity contribution in [2.75, 3.05) is 5.32 Å². The number of rotatable bonds is 4. The molecule has 3 heteroatoms. The zero-order valence-corrected chi connectivity index (χ0v) is 13.6. The van der Waals surface area contributed by atoms with E-state index in [2.05, 4.69) is 55.7 Å². The summed E-state index contributed by atoms with van der Waals surface area (Å²) in [4.78, 5) is 0. The van der Waals surface area contributed by atoms with Gasteiger partial charge in [-0.3, -0.25) is 0 Å². The van der Waals surface area contributed by atoms with Crippen molar-refractivity contribution in [3.63, 3.8) is 0 Å². The highest BCUT2D eigenvalue weighted by atomic mass is 32.1. The first-order valence-electron chi connectivity index (χ1n) is 7.26. The van der Waals surface area contributed by atoms with Crippen LogP contribution in [0.15, 0.2) is 54.6 Å². The molecule has 1 atom stereocenters. The molecule has 0 saturated carbocycles. The van der Waals surface area contributed by atoms with Gasteiger partial charge in [0, 0.05) is 5.69 Å². The summed E-state index contributed by atoms with van der Waals surface area (Å²) in [6.45, 7) is 6.55. The lowest BCUT2D eigenvalue weighted by atomic mass is 9.93. The van der Waals surface area contributed by atoms with Crippen LogP contribution >= 0.6 is 12.2 Å². The van der Waals surface area contributed by atoms with Crippen LogP contribution in [-0.2, 0) is 0 Å². The topological polar surface area (TPSA) is 24.1 Å². The van der Waals surface area contributed by atoms with Crippen molar-refractivity contribution in [3.8, 4) is 0 Å². The van der Waals surface area contributed by atoms with Gasteiger partial charge in [-0.1, -0.05) is 56.3 Å². The molecule has 0 aliphatic heterocycles. The lowest BCUT2D eigenvalue weighted by molar-refractivity contribution is 0.471. The van der Waals surface area contributed by atoms with Crippen LogP contribution in [0.1, 0.15) is 31.0 Å². The zero-order chi connectivity index (χ0) is 15.2. The van der Waals surface area contributed by atoms with Crippen LogP contribution in [0.4, 0.5) is 5.69 Å². The summed E-state index contributed by atoms with van der Waals surface area (Å²) in [5.41, 5.74) is 3.58. The molecule has 0 saturated heterocycles. The van der Waals surface area contributed by atoms with Crippen molar-refractivity contribution in [1.29, 1.82) is 0 Å². The molecule has 0 aliphatic carbocycles. The number of anilines is 1. The summed E-state index contributed by atoms with van der Waals surface area (Å²) >= 11 is 5.45. The van der Waals surface area contributed by atoms with Gasteiger partial charge in [-0.25, -0.2) is 0 Å². The van der Waals surface area contributed by atoms with E-state index in [4.69, 9.17) is 12.2 Å². The highest BCUT2D eigenvalue weighted by Crippen LogP contribution is 2.24. The SMILES string of the molecule is Cc1ccccc1C(NC(=S)Nc1ccccc1)C(C)C. The van der Waals surface area contributed by atoms with Gasteiger partial charge in [-0.05, 0) is 48.3 Å². The summed E-state index contributed by atoms with van der Waals surface area (Å²) in [5, 5.41) is 7.33. The van der Waals surface area contributed by atoms with Gasteiger partial charge < -0.3 is 10.6 Å². The van der Waals surface area contributed by atoms with Crippen LogP contribution in [0.2, 0.25) is 0 Å². The lowest BCUT2D eigenvalue weighted by Crippen LogP contribution is -2.35. The molecular weight excluding hydrogens is 276 g/mol. The molecule has 1 unspecified atom stereocenters. The Labute approximate surface area is 132 Å². The predicted octanol–water partition coefficient (Wildman–Crippen LogP) is 4.68. The normalized spacial score (nSPS) is 12.0. The Morgan fingerprint density at radius 3 is 2.19 bits per heavy atom. The minimum Gasteiger partial charge on any atom is -0.355 e. The Kier molecular flexibility index (Phi) is 5.34. The standard InChI is InChI=1S/C18H22N2S/c1-13(2)17(16-12-8-7-9-14(16)3)20-18(21)19-15-10-5-4-6-11-15/h4-13,17H,1-3H3,(H2,19,20,21). The molecule has 2 N–H and O–H groups in total. The van der Waals surface area contributed by atoms with E-state index in [1.54, 1.807) is 0 Å². The number of para-hydroxylation sites is 1. The molecule has 0 aliphatic rings. The third kappa shape index (κ3) is 4.30. The van der Waals surface area contributed by atoms with E-state index < -0.39 is 0 Å². The van der Waals surface area contributed by atoms with Gasteiger partial charge >= 0.3 is 0 Å². The average Bonchev–Trinajstić information content (AvgIpc) is 2.46. The summed E-state index contributed by atoms with van der Waals surface area (Å²) in [7, 11) is 0. The quantitative estimate of drug-likeness (QED) is 0.802. The van der Waals surface area contributed by atoms with Gasteiger partial charge in [0.25, 0.3) is 0 Å². The van der Waals surface area contributed by atoms with Crippen LogP contribution in [0.3, 0.4) is 0 Å². The third-order valence-corrected chi connectivity index (χ3v) is 3.73. The molecule has 0 fully saturated rings. The molecule has 2 nitrogen and oxygen atoms in total. The van der Waals surface area contributed by atoms with Gasteiger partial charge in [0.1, 0.15) is 0 Å². The van der Waals surface area contributed by atoms with Crippen LogP contribution in [0.25, 0.3) is 0 Å². The second kappa shape index (κ2) is 7.23. The van der Waals surface area contributed by atoms with Crippen LogP contribution in [0.5, 0.6) is 0 Å². The van der Waals surface area contributed by atoms with Crippen LogP contribution < -0.4 is 10.6 Å². The molecule has 2 aromatic carbocycles. The summed E-state index contributed by atoms with van der Waals surface area (Å²) in [6.07, 6.45) is 0. The maximum absolute atomic E-state index is 5.45. The molecule has 110 valence electrons. The second-order valence-electron chi connectivity index (χ2n) is 5.54. The van der Waals surface area contributed by atoms with E-state index in [1.807, 2.05) is 30.3 Å². The number of hydrogen-bond donors (Lipinski definition) is 2. The van der Waals surface area contributed by atoms with E-state index in [0.29, 0.717) is 11.0 Å². The van der Waals surface area contributed by atoms with Crippen LogP contribution in [0, 0.1) is 12.8 Å². The minimum absolute atomic E-state index is 0.204. The zero-order valence-electron chi connectivity index (χ0n) is 12.8. The van der Waals surface area contributed by atoms with E-state index in [-0.39, 0.29) is 6.04 Å². The van der Waals surface area contributed by atoms with E-state index in [0.717, 1.165) is 5.69 Å². The number of thiocarbonyl (C=S) groups is 1. The van der Waals surface area contributed by atoms with Gasteiger partial charge in [0.15, 0.2) is 5.11 Å². The van der Waals surface area contributed by atoms with E-state index in [1.165, 1.54) is 11.1 Å².